The van der Waals surface area contributed by atoms with E-state index in [-0.39, 0.29) is 12.5 Å². The van der Waals surface area contributed by atoms with Gasteiger partial charge >= 0.3 is 5.97 Å². The molecule has 1 heterocycles. The van der Waals surface area contributed by atoms with Crippen molar-refractivity contribution >= 4 is 5.97 Å². The minimum atomic E-state index is -0.715. The van der Waals surface area contributed by atoms with Gasteiger partial charge in [0, 0.05) is 6.54 Å². The van der Waals surface area contributed by atoms with Crippen molar-refractivity contribution in [1.29, 1.82) is 0 Å². The number of carboxylic acids is 1. The Morgan fingerprint density at radius 1 is 0.939 bits per heavy atom. The van der Waals surface area contributed by atoms with Gasteiger partial charge in [0.25, 0.3) is 0 Å². The third kappa shape index (κ3) is 6.23. The Balaban J connectivity index is 1.34. The molecule has 172 valence electrons. The van der Waals surface area contributed by atoms with Crippen molar-refractivity contribution in [2.45, 2.75) is 44.6 Å². The van der Waals surface area contributed by atoms with Gasteiger partial charge in [0.15, 0.2) is 0 Å². The molecule has 0 aliphatic carbocycles. The molecule has 0 aromatic heterocycles. The summed E-state index contributed by atoms with van der Waals surface area (Å²) in [5, 5.41) is 8.88. The topological polar surface area (TPSA) is 49.8 Å². The fraction of sp³-hybridized carbons (Fsp3) is 0.345. The van der Waals surface area contributed by atoms with E-state index in [0.717, 1.165) is 38.1 Å². The minimum absolute atomic E-state index is 0.0273. The van der Waals surface area contributed by atoms with E-state index >= 15 is 0 Å². The molecule has 1 unspecified atom stereocenters. The highest BCUT2D eigenvalue weighted by Gasteiger charge is 2.21. The molecule has 1 aliphatic rings. The number of carboxylic acid groups (broad SMARTS) is 1. The van der Waals surface area contributed by atoms with E-state index in [1.165, 1.54) is 22.3 Å². The molecule has 1 saturated heterocycles. The van der Waals surface area contributed by atoms with Gasteiger partial charge in [0.05, 0.1) is 6.42 Å². The van der Waals surface area contributed by atoms with Crippen LogP contribution < -0.4 is 4.74 Å². The Kier molecular flexibility index (Phi) is 7.79. The summed E-state index contributed by atoms with van der Waals surface area (Å²) >= 11 is 0. The average molecular weight is 444 g/mol. The van der Waals surface area contributed by atoms with Gasteiger partial charge in [0.2, 0.25) is 0 Å². The molecule has 1 fully saturated rings. The molecule has 1 N–H and O–H groups in total. The van der Waals surface area contributed by atoms with Gasteiger partial charge in [0.1, 0.15) is 11.9 Å². The average Bonchev–Trinajstić information content (AvgIpc) is 2.87. The van der Waals surface area contributed by atoms with Crippen LogP contribution in [0.1, 0.15) is 55.8 Å². The number of hydrogen-bond donors (Lipinski definition) is 1. The quantitative estimate of drug-likeness (QED) is 0.408. The lowest BCUT2D eigenvalue weighted by molar-refractivity contribution is -0.137. The predicted molar refractivity (Wildman–Crippen MR) is 133 cm³/mol. The van der Waals surface area contributed by atoms with Crippen LogP contribution in [0.4, 0.5) is 0 Å². The van der Waals surface area contributed by atoms with Gasteiger partial charge in [-0.25, -0.2) is 0 Å². The second-order valence-electron chi connectivity index (χ2n) is 8.83. The first kappa shape index (κ1) is 23.1. The van der Waals surface area contributed by atoms with Gasteiger partial charge in [-0.05, 0) is 72.7 Å². The maximum atomic E-state index is 10.8. The van der Waals surface area contributed by atoms with Gasteiger partial charge in [-0.15, -0.1) is 0 Å². The monoisotopic (exact) mass is 443 g/mol. The van der Waals surface area contributed by atoms with Crippen molar-refractivity contribution < 1.29 is 14.6 Å². The molecule has 33 heavy (non-hydrogen) atoms. The summed E-state index contributed by atoms with van der Waals surface area (Å²) in [6.07, 6.45) is 3.33. The fourth-order valence-corrected chi connectivity index (χ4v) is 4.63. The molecule has 1 aliphatic heterocycles. The van der Waals surface area contributed by atoms with Crippen LogP contribution in [-0.4, -0.2) is 35.6 Å². The largest absolute Gasteiger partial charge is 0.486 e. The molecule has 0 bridgehead atoms. The third-order valence-electron chi connectivity index (χ3n) is 6.62. The zero-order valence-corrected chi connectivity index (χ0v) is 19.3. The molecule has 0 radical (unpaired) electrons. The second-order valence-corrected chi connectivity index (χ2v) is 8.83. The zero-order chi connectivity index (χ0) is 23.0. The Hall–Kier alpha value is -3.11. The Morgan fingerprint density at radius 2 is 1.58 bits per heavy atom. The normalized spacial score (nSPS) is 15.8. The summed E-state index contributed by atoms with van der Waals surface area (Å²) in [5.41, 5.74) is 4.97. The Bertz CT molecular complexity index is 1010. The van der Waals surface area contributed by atoms with Crippen LogP contribution >= 0.6 is 0 Å². The van der Waals surface area contributed by atoms with Gasteiger partial charge in [-0.1, -0.05) is 73.7 Å². The van der Waals surface area contributed by atoms with E-state index in [1.807, 2.05) is 6.07 Å². The Labute approximate surface area is 196 Å². The molecule has 3 aromatic rings. The smallest absolute Gasteiger partial charge is 0.304 e. The first-order chi connectivity index (χ1) is 16.1. The third-order valence-corrected chi connectivity index (χ3v) is 6.62. The van der Waals surface area contributed by atoms with E-state index in [4.69, 9.17) is 9.84 Å². The highest BCUT2D eigenvalue weighted by Crippen LogP contribution is 2.31. The SMILES string of the molecule is CCC(Oc1ccc(-c2ccccc2)cc1)c1ccc(C2CCN(CCC(=O)O)CC2)cc1. The lowest BCUT2D eigenvalue weighted by Crippen LogP contribution is -2.34. The number of hydrogen-bond acceptors (Lipinski definition) is 3. The van der Waals surface area contributed by atoms with Crippen LogP contribution in [0.25, 0.3) is 11.1 Å². The minimum Gasteiger partial charge on any atom is -0.486 e. The van der Waals surface area contributed by atoms with Gasteiger partial charge in [-0.2, -0.15) is 0 Å². The number of ether oxygens (including phenoxy) is 1. The first-order valence-corrected chi connectivity index (χ1v) is 12.0. The summed E-state index contributed by atoms with van der Waals surface area (Å²) in [6, 6.07) is 27.6. The summed E-state index contributed by atoms with van der Waals surface area (Å²) < 4.78 is 6.33. The maximum Gasteiger partial charge on any atom is 0.304 e. The van der Waals surface area contributed by atoms with Crippen molar-refractivity contribution in [1.82, 2.24) is 4.90 Å². The lowest BCUT2D eigenvalue weighted by atomic mass is 9.88. The lowest BCUT2D eigenvalue weighted by Gasteiger charge is -2.32. The molecule has 0 amide bonds. The van der Waals surface area contributed by atoms with Crippen LogP contribution in [-0.2, 0) is 4.79 Å². The summed E-state index contributed by atoms with van der Waals surface area (Å²) in [6.45, 7) is 4.76. The number of nitrogens with zero attached hydrogens (tertiary/aromatic N) is 1. The number of aliphatic carboxylic acids is 1. The molecular weight excluding hydrogens is 410 g/mol. The van der Waals surface area contributed by atoms with Crippen LogP contribution in [0.3, 0.4) is 0 Å². The molecule has 4 rings (SSSR count). The number of carbonyl (C=O) groups is 1. The van der Waals surface area contributed by atoms with Gasteiger partial charge in [-0.3, -0.25) is 4.79 Å². The van der Waals surface area contributed by atoms with E-state index in [9.17, 15) is 4.79 Å². The number of likely N-dealkylation sites (tertiary alicyclic amines) is 1. The second kappa shape index (κ2) is 11.2. The summed E-state index contributed by atoms with van der Waals surface area (Å²) in [5.74, 6) is 0.721. The molecular formula is C29H33NO3. The van der Waals surface area contributed by atoms with Crippen molar-refractivity contribution in [3.8, 4) is 16.9 Å². The van der Waals surface area contributed by atoms with Crippen LogP contribution in [0.5, 0.6) is 5.75 Å². The molecule has 4 heteroatoms. The van der Waals surface area contributed by atoms with Crippen molar-refractivity contribution in [2.75, 3.05) is 19.6 Å². The molecule has 3 aromatic carbocycles. The van der Waals surface area contributed by atoms with Crippen molar-refractivity contribution in [3.05, 3.63) is 90.0 Å². The number of piperidine rings is 1. The molecule has 0 saturated carbocycles. The summed E-state index contributed by atoms with van der Waals surface area (Å²) in [4.78, 5) is 13.1. The zero-order valence-electron chi connectivity index (χ0n) is 19.3. The highest BCUT2D eigenvalue weighted by molar-refractivity contribution is 5.66. The van der Waals surface area contributed by atoms with Gasteiger partial charge < -0.3 is 14.7 Å². The Morgan fingerprint density at radius 3 is 2.18 bits per heavy atom. The van der Waals surface area contributed by atoms with E-state index in [2.05, 4.69) is 84.6 Å². The van der Waals surface area contributed by atoms with Crippen molar-refractivity contribution in [3.63, 3.8) is 0 Å². The highest BCUT2D eigenvalue weighted by atomic mass is 16.5. The summed E-state index contributed by atoms with van der Waals surface area (Å²) in [7, 11) is 0. The van der Waals surface area contributed by atoms with E-state index in [0.29, 0.717) is 12.5 Å². The standard InChI is InChI=1S/C29H33NO3/c1-2-28(33-27-14-12-24(13-15-27)22-6-4-3-5-7-22)26-10-8-23(9-11-26)25-16-19-30(20-17-25)21-18-29(31)32/h3-15,25,28H,2,16-21H2,1H3,(H,31,32). The van der Waals surface area contributed by atoms with Crippen molar-refractivity contribution in [2.24, 2.45) is 0 Å². The first-order valence-electron chi connectivity index (χ1n) is 12.0. The molecule has 1 atom stereocenters. The fourth-order valence-electron chi connectivity index (χ4n) is 4.63. The molecule has 4 nitrogen and oxygen atoms in total. The maximum absolute atomic E-state index is 10.8. The van der Waals surface area contributed by atoms with Crippen LogP contribution in [0.15, 0.2) is 78.9 Å². The number of benzene rings is 3. The number of rotatable bonds is 9. The van der Waals surface area contributed by atoms with Crippen LogP contribution in [0, 0.1) is 0 Å². The van der Waals surface area contributed by atoms with Crippen LogP contribution in [0.2, 0.25) is 0 Å². The van der Waals surface area contributed by atoms with E-state index in [1.54, 1.807) is 0 Å². The predicted octanol–water partition coefficient (Wildman–Crippen LogP) is 6.54. The molecule has 0 spiro atoms. The van der Waals surface area contributed by atoms with E-state index < -0.39 is 5.97 Å².